The zero-order valence-electron chi connectivity index (χ0n) is 16.6. The molecule has 0 bridgehead atoms. The van der Waals surface area contributed by atoms with Crippen molar-refractivity contribution in [1.82, 2.24) is 20.9 Å². The van der Waals surface area contributed by atoms with Crippen LogP contribution < -0.4 is 10.9 Å². The molecule has 1 aliphatic carbocycles. The quantitative estimate of drug-likeness (QED) is 0.804. The van der Waals surface area contributed by atoms with Gasteiger partial charge in [-0.15, -0.1) is 0 Å². The summed E-state index contributed by atoms with van der Waals surface area (Å²) < 4.78 is 5.35. The fraction of sp³-hybridized carbons (Fsp3) is 0.545. The molecule has 3 atom stereocenters. The highest BCUT2D eigenvalue weighted by molar-refractivity contribution is 5.91. The third-order valence-corrected chi connectivity index (χ3v) is 6.14. The number of rotatable bonds is 6. The van der Waals surface area contributed by atoms with Gasteiger partial charge in [-0.1, -0.05) is 54.8 Å². The molecule has 0 spiro atoms. The van der Waals surface area contributed by atoms with Crippen LogP contribution in [0.5, 0.6) is 0 Å². The molecule has 1 aromatic carbocycles. The molecule has 2 fully saturated rings. The molecule has 2 aromatic rings. The lowest BCUT2D eigenvalue weighted by atomic mass is 9.90. The number of carbonyl (C=O) groups excluding carboxylic acids is 1. The lowest BCUT2D eigenvalue weighted by molar-refractivity contribution is 0.0733. The molecule has 1 aliphatic heterocycles. The number of hydrogen-bond donors (Lipinski definition) is 2. The van der Waals surface area contributed by atoms with Crippen molar-refractivity contribution in [1.29, 1.82) is 0 Å². The smallest absolute Gasteiger partial charge is 0.292 e. The number of hydrazine groups is 1. The molecule has 0 radical (unpaired) electrons. The van der Waals surface area contributed by atoms with E-state index < -0.39 is 0 Å². The molecule has 2 aliphatic rings. The van der Waals surface area contributed by atoms with Gasteiger partial charge in [-0.3, -0.25) is 15.6 Å². The van der Waals surface area contributed by atoms with Gasteiger partial charge in [0.05, 0.1) is 5.69 Å². The van der Waals surface area contributed by atoms with E-state index in [2.05, 4.69) is 28.1 Å². The van der Waals surface area contributed by atoms with Gasteiger partial charge in [0.1, 0.15) is 0 Å². The lowest BCUT2D eigenvalue weighted by Crippen LogP contribution is -2.43. The number of likely N-dealkylation sites (N-methyl/N-ethyl adjacent to an activating group) is 1. The van der Waals surface area contributed by atoms with Crippen molar-refractivity contribution in [2.75, 3.05) is 13.6 Å². The maximum absolute atomic E-state index is 12.8. The first kappa shape index (κ1) is 19.2. The molecule has 3 unspecified atom stereocenters. The molecule has 6 nitrogen and oxygen atoms in total. The second kappa shape index (κ2) is 8.88. The number of amides is 1. The first-order chi connectivity index (χ1) is 13.7. The average Bonchev–Trinajstić information content (AvgIpc) is 3.27. The van der Waals surface area contributed by atoms with Crippen LogP contribution >= 0.6 is 0 Å². The van der Waals surface area contributed by atoms with E-state index in [0.717, 1.165) is 18.5 Å². The van der Waals surface area contributed by atoms with Gasteiger partial charge < -0.3 is 9.42 Å². The largest absolute Gasteiger partial charge is 0.351 e. The summed E-state index contributed by atoms with van der Waals surface area (Å²) in [6.45, 7) is 0.674. The minimum absolute atomic E-state index is 0.0997. The Bertz CT molecular complexity index is 776. The fourth-order valence-corrected chi connectivity index (χ4v) is 4.51. The van der Waals surface area contributed by atoms with E-state index in [4.69, 9.17) is 4.52 Å². The minimum Gasteiger partial charge on any atom is -0.351 e. The molecule has 6 heteroatoms. The first-order valence-corrected chi connectivity index (χ1v) is 10.5. The number of nitrogens with one attached hydrogen (secondary N) is 2. The number of aryl methyl sites for hydroxylation is 2. The molecular weight excluding hydrogens is 352 g/mol. The van der Waals surface area contributed by atoms with Crippen LogP contribution in [0.1, 0.15) is 53.9 Å². The third kappa shape index (κ3) is 4.45. The monoisotopic (exact) mass is 382 g/mol. The van der Waals surface area contributed by atoms with Crippen molar-refractivity contribution in [3.8, 4) is 0 Å². The molecule has 1 saturated carbocycles. The van der Waals surface area contributed by atoms with Crippen LogP contribution in [0.4, 0.5) is 0 Å². The third-order valence-electron chi connectivity index (χ3n) is 6.14. The number of carbonyl (C=O) groups is 1. The maximum Gasteiger partial charge on any atom is 0.292 e. The molecule has 28 heavy (non-hydrogen) atoms. The SMILES string of the molecule is CN(CC1NNC2CCCCCC21)C(=O)c1cc(CCc2ccccc2)no1. The number of benzene rings is 1. The standard InChI is InChI=1S/C22H30N4O2/c1-26(15-20-18-10-6-3-7-11-19(18)23-24-20)22(27)21-14-17(25-28-21)13-12-16-8-4-2-5-9-16/h2,4-5,8-9,14,18-20,23-24H,3,6-7,10-13,15H2,1H3. The number of nitrogens with zero attached hydrogens (tertiary/aromatic N) is 2. The van der Waals surface area contributed by atoms with E-state index >= 15 is 0 Å². The molecular formula is C22H30N4O2. The summed E-state index contributed by atoms with van der Waals surface area (Å²) in [5.41, 5.74) is 8.94. The van der Waals surface area contributed by atoms with Crippen LogP contribution in [0.15, 0.2) is 40.9 Å². The molecule has 1 amide bonds. The Labute approximate surface area is 166 Å². The minimum atomic E-state index is -0.0997. The van der Waals surface area contributed by atoms with Crippen molar-refractivity contribution >= 4 is 5.91 Å². The summed E-state index contributed by atoms with van der Waals surface area (Å²) in [6.07, 6.45) is 7.99. The average molecular weight is 383 g/mol. The van der Waals surface area contributed by atoms with Crippen LogP contribution in [0.25, 0.3) is 0 Å². The molecule has 1 aromatic heterocycles. The molecule has 1 saturated heterocycles. The Hall–Kier alpha value is -2.18. The summed E-state index contributed by atoms with van der Waals surface area (Å²) in [6, 6.07) is 12.9. The van der Waals surface area contributed by atoms with E-state index in [0.29, 0.717) is 24.3 Å². The normalized spacial score (nSPS) is 24.5. The van der Waals surface area contributed by atoms with Crippen molar-refractivity contribution < 1.29 is 9.32 Å². The van der Waals surface area contributed by atoms with E-state index in [-0.39, 0.29) is 11.9 Å². The van der Waals surface area contributed by atoms with Crippen LogP contribution in [-0.2, 0) is 12.8 Å². The van der Waals surface area contributed by atoms with Crippen LogP contribution in [0.3, 0.4) is 0 Å². The van der Waals surface area contributed by atoms with Gasteiger partial charge >= 0.3 is 0 Å². The van der Waals surface area contributed by atoms with Gasteiger partial charge in [-0.05, 0) is 37.2 Å². The zero-order valence-corrected chi connectivity index (χ0v) is 16.6. The van der Waals surface area contributed by atoms with E-state index in [1.54, 1.807) is 11.0 Å². The molecule has 2 heterocycles. The lowest BCUT2D eigenvalue weighted by Gasteiger charge is -2.25. The Morgan fingerprint density at radius 1 is 1.14 bits per heavy atom. The highest BCUT2D eigenvalue weighted by atomic mass is 16.5. The summed E-state index contributed by atoms with van der Waals surface area (Å²) in [7, 11) is 1.85. The van der Waals surface area contributed by atoms with Crippen LogP contribution in [-0.4, -0.2) is 41.6 Å². The number of aromatic nitrogens is 1. The van der Waals surface area contributed by atoms with Gasteiger partial charge in [0.15, 0.2) is 0 Å². The van der Waals surface area contributed by atoms with Crippen LogP contribution in [0, 0.1) is 5.92 Å². The first-order valence-electron chi connectivity index (χ1n) is 10.5. The second-order valence-electron chi connectivity index (χ2n) is 8.16. The fourth-order valence-electron chi connectivity index (χ4n) is 4.51. The topological polar surface area (TPSA) is 70.4 Å². The highest BCUT2D eigenvalue weighted by Crippen LogP contribution is 2.29. The van der Waals surface area contributed by atoms with E-state index in [1.165, 1.54) is 37.7 Å². The van der Waals surface area contributed by atoms with E-state index in [9.17, 15) is 4.79 Å². The Morgan fingerprint density at radius 3 is 2.82 bits per heavy atom. The molecule has 2 N–H and O–H groups in total. The predicted octanol–water partition coefficient (Wildman–Crippen LogP) is 2.96. The summed E-state index contributed by atoms with van der Waals surface area (Å²) in [5.74, 6) is 0.820. The van der Waals surface area contributed by atoms with Crippen molar-refractivity contribution in [2.45, 2.75) is 57.0 Å². The van der Waals surface area contributed by atoms with Gasteiger partial charge in [0.25, 0.3) is 5.91 Å². The zero-order chi connectivity index (χ0) is 19.3. The maximum atomic E-state index is 12.8. The van der Waals surface area contributed by atoms with Gasteiger partial charge in [0.2, 0.25) is 5.76 Å². The number of hydrogen-bond acceptors (Lipinski definition) is 5. The van der Waals surface area contributed by atoms with Crippen LogP contribution in [0.2, 0.25) is 0 Å². The second-order valence-corrected chi connectivity index (χ2v) is 8.16. The highest BCUT2D eigenvalue weighted by Gasteiger charge is 2.37. The Kier molecular flexibility index (Phi) is 6.07. The number of fused-ring (bicyclic) bond motifs is 1. The molecule has 4 rings (SSSR count). The molecule has 150 valence electrons. The predicted molar refractivity (Wildman–Crippen MR) is 108 cm³/mol. The van der Waals surface area contributed by atoms with Gasteiger partial charge in [-0.25, -0.2) is 0 Å². The van der Waals surface area contributed by atoms with Gasteiger partial charge in [0, 0.05) is 31.7 Å². The Balaban J connectivity index is 1.32. The Morgan fingerprint density at radius 2 is 1.96 bits per heavy atom. The van der Waals surface area contributed by atoms with Crippen molar-refractivity contribution in [3.63, 3.8) is 0 Å². The van der Waals surface area contributed by atoms with Crippen molar-refractivity contribution in [3.05, 3.63) is 53.4 Å². The van der Waals surface area contributed by atoms with E-state index in [1.807, 2.05) is 25.2 Å². The summed E-state index contributed by atoms with van der Waals surface area (Å²) >= 11 is 0. The summed E-state index contributed by atoms with van der Waals surface area (Å²) in [5, 5.41) is 4.09. The van der Waals surface area contributed by atoms with Gasteiger partial charge in [-0.2, -0.15) is 0 Å². The van der Waals surface area contributed by atoms with Crippen molar-refractivity contribution in [2.24, 2.45) is 5.92 Å². The summed E-state index contributed by atoms with van der Waals surface area (Å²) in [4.78, 5) is 14.5.